The van der Waals surface area contributed by atoms with Gasteiger partial charge in [0, 0.05) is 17.2 Å². The Balaban J connectivity index is 1.97. The Morgan fingerprint density at radius 1 is 0.762 bits per heavy atom. The first-order valence-electron chi connectivity index (χ1n) is 7.23. The third-order valence-corrected chi connectivity index (χ3v) is 4.65. The van der Waals surface area contributed by atoms with E-state index < -0.39 is 0 Å². The van der Waals surface area contributed by atoms with Crippen LogP contribution >= 0.6 is 0 Å². The summed E-state index contributed by atoms with van der Waals surface area (Å²) < 4.78 is 1.86. The standard InChI is InChI=1S/C19H14N2/c20-21-18-8-4-3-7-15(18)16-10-9-14-13-6-2-1-5-12(13)11-17(14)19(16)21/h1-10H,11,20H2. The van der Waals surface area contributed by atoms with Crippen molar-refractivity contribution in [3.05, 3.63) is 71.8 Å². The zero-order valence-corrected chi connectivity index (χ0v) is 11.5. The minimum absolute atomic E-state index is 0.969. The van der Waals surface area contributed by atoms with Gasteiger partial charge in [-0.3, -0.25) is 4.68 Å². The average molecular weight is 270 g/mol. The lowest BCUT2D eigenvalue weighted by molar-refractivity contribution is 1.10. The van der Waals surface area contributed by atoms with E-state index in [2.05, 4.69) is 54.6 Å². The normalized spacial score (nSPS) is 12.8. The highest BCUT2D eigenvalue weighted by molar-refractivity contribution is 6.11. The summed E-state index contributed by atoms with van der Waals surface area (Å²) in [5.74, 6) is 6.40. The van der Waals surface area contributed by atoms with E-state index in [4.69, 9.17) is 5.84 Å². The Labute approximate surface area is 122 Å². The molecule has 4 aromatic rings. The molecule has 0 bridgehead atoms. The van der Waals surface area contributed by atoms with Crippen molar-refractivity contribution in [2.24, 2.45) is 0 Å². The maximum atomic E-state index is 6.40. The zero-order chi connectivity index (χ0) is 14.0. The molecule has 5 rings (SSSR count). The van der Waals surface area contributed by atoms with Gasteiger partial charge in [-0.2, -0.15) is 0 Å². The molecule has 0 amide bonds. The minimum Gasteiger partial charge on any atom is -0.339 e. The van der Waals surface area contributed by atoms with Crippen molar-refractivity contribution < 1.29 is 0 Å². The molecule has 21 heavy (non-hydrogen) atoms. The predicted molar refractivity (Wildman–Crippen MR) is 87.8 cm³/mol. The maximum Gasteiger partial charge on any atom is 0.0745 e. The Morgan fingerprint density at radius 3 is 2.52 bits per heavy atom. The van der Waals surface area contributed by atoms with Crippen LogP contribution in [0.1, 0.15) is 11.1 Å². The molecule has 0 spiro atoms. The third kappa shape index (κ3) is 1.27. The van der Waals surface area contributed by atoms with Gasteiger partial charge in [0.15, 0.2) is 0 Å². The number of rotatable bonds is 0. The number of aromatic nitrogens is 1. The van der Waals surface area contributed by atoms with Gasteiger partial charge >= 0.3 is 0 Å². The molecule has 100 valence electrons. The SMILES string of the molecule is Nn1c2ccccc2c2ccc3c(c21)Cc1ccccc1-3. The van der Waals surface area contributed by atoms with Crippen molar-refractivity contribution in [2.45, 2.75) is 6.42 Å². The Kier molecular flexibility index (Phi) is 1.92. The number of nitrogens with two attached hydrogens (primary N) is 1. The minimum atomic E-state index is 0.969. The molecule has 2 heteroatoms. The van der Waals surface area contributed by atoms with Crippen LogP contribution in [-0.4, -0.2) is 4.68 Å². The van der Waals surface area contributed by atoms with E-state index in [1.807, 2.05) is 10.7 Å². The van der Waals surface area contributed by atoms with Gasteiger partial charge in [-0.15, -0.1) is 0 Å². The summed E-state index contributed by atoms with van der Waals surface area (Å²) in [5, 5.41) is 2.48. The van der Waals surface area contributed by atoms with Crippen molar-refractivity contribution in [3.63, 3.8) is 0 Å². The van der Waals surface area contributed by atoms with Crippen molar-refractivity contribution >= 4 is 21.8 Å². The summed E-state index contributed by atoms with van der Waals surface area (Å²) in [6, 6.07) is 21.4. The molecule has 2 nitrogen and oxygen atoms in total. The second-order valence-corrected chi connectivity index (χ2v) is 5.71. The number of fused-ring (bicyclic) bond motifs is 7. The van der Waals surface area contributed by atoms with Gasteiger partial charge in [0.2, 0.25) is 0 Å². The third-order valence-electron chi connectivity index (χ3n) is 4.65. The first-order valence-corrected chi connectivity index (χ1v) is 7.23. The second-order valence-electron chi connectivity index (χ2n) is 5.71. The largest absolute Gasteiger partial charge is 0.339 e. The first-order chi connectivity index (χ1) is 10.3. The van der Waals surface area contributed by atoms with Crippen LogP contribution in [0.5, 0.6) is 0 Å². The number of para-hydroxylation sites is 1. The summed E-state index contributed by atoms with van der Waals surface area (Å²) in [6.45, 7) is 0. The van der Waals surface area contributed by atoms with Gasteiger partial charge in [0.25, 0.3) is 0 Å². The fourth-order valence-electron chi connectivity index (χ4n) is 3.72. The molecule has 1 aliphatic carbocycles. The molecule has 0 saturated carbocycles. The molecule has 0 fully saturated rings. The molecule has 1 aliphatic rings. The number of hydrogen-bond donors (Lipinski definition) is 1. The van der Waals surface area contributed by atoms with E-state index in [0.29, 0.717) is 0 Å². The van der Waals surface area contributed by atoms with Crippen molar-refractivity contribution in [1.29, 1.82) is 0 Å². The second kappa shape index (κ2) is 3.67. The monoisotopic (exact) mass is 270 g/mol. The van der Waals surface area contributed by atoms with Gasteiger partial charge in [-0.05, 0) is 28.3 Å². The Hall–Kier alpha value is -2.74. The zero-order valence-electron chi connectivity index (χ0n) is 11.5. The molecule has 1 heterocycles. The van der Waals surface area contributed by atoms with E-state index in [9.17, 15) is 0 Å². The molecule has 0 radical (unpaired) electrons. The summed E-state index contributed by atoms with van der Waals surface area (Å²) in [6.07, 6.45) is 0.969. The topological polar surface area (TPSA) is 30.9 Å². The molecule has 3 aromatic carbocycles. The smallest absolute Gasteiger partial charge is 0.0745 e. The summed E-state index contributed by atoms with van der Waals surface area (Å²) >= 11 is 0. The van der Waals surface area contributed by atoms with Crippen LogP contribution in [0.3, 0.4) is 0 Å². The van der Waals surface area contributed by atoms with Crippen LogP contribution in [0.4, 0.5) is 0 Å². The number of hydrogen-bond acceptors (Lipinski definition) is 1. The Bertz CT molecular complexity index is 1020. The molecular weight excluding hydrogens is 256 g/mol. The van der Waals surface area contributed by atoms with E-state index in [0.717, 1.165) is 11.9 Å². The van der Waals surface area contributed by atoms with Gasteiger partial charge < -0.3 is 5.84 Å². The van der Waals surface area contributed by atoms with Gasteiger partial charge in [-0.1, -0.05) is 54.6 Å². The number of benzene rings is 3. The molecule has 0 saturated heterocycles. The lowest BCUT2D eigenvalue weighted by atomic mass is 10.0. The summed E-state index contributed by atoms with van der Waals surface area (Å²) in [5.41, 5.74) is 7.69. The van der Waals surface area contributed by atoms with E-state index in [-0.39, 0.29) is 0 Å². The van der Waals surface area contributed by atoms with Gasteiger partial charge in [-0.25, -0.2) is 0 Å². The predicted octanol–water partition coefficient (Wildman–Crippen LogP) is 4.08. The molecule has 1 aromatic heterocycles. The van der Waals surface area contributed by atoms with Crippen LogP contribution in [-0.2, 0) is 6.42 Å². The van der Waals surface area contributed by atoms with E-state index >= 15 is 0 Å². The molecule has 2 N–H and O–H groups in total. The number of nitrogens with zero attached hydrogens (tertiary/aromatic N) is 1. The van der Waals surface area contributed by atoms with Crippen LogP contribution in [0.2, 0.25) is 0 Å². The summed E-state index contributed by atoms with van der Waals surface area (Å²) in [7, 11) is 0. The molecule has 0 unspecified atom stereocenters. The molecular formula is C19H14N2. The maximum absolute atomic E-state index is 6.40. The highest BCUT2D eigenvalue weighted by Crippen LogP contribution is 2.42. The van der Waals surface area contributed by atoms with E-state index in [1.165, 1.54) is 38.5 Å². The highest BCUT2D eigenvalue weighted by atomic mass is 15.3. The Morgan fingerprint density at radius 2 is 1.57 bits per heavy atom. The van der Waals surface area contributed by atoms with Crippen LogP contribution in [0.25, 0.3) is 32.9 Å². The van der Waals surface area contributed by atoms with Crippen molar-refractivity contribution in [1.82, 2.24) is 4.68 Å². The van der Waals surface area contributed by atoms with E-state index in [1.54, 1.807) is 0 Å². The lowest BCUT2D eigenvalue weighted by Crippen LogP contribution is -2.08. The number of nitrogen functional groups attached to an aromatic ring is 1. The fraction of sp³-hybridized carbons (Fsp3) is 0.0526. The highest BCUT2D eigenvalue weighted by Gasteiger charge is 2.23. The molecule has 0 atom stereocenters. The van der Waals surface area contributed by atoms with Crippen LogP contribution < -0.4 is 5.84 Å². The quantitative estimate of drug-likeness (QED) is 0.422. The fourth-order valence-corrected chi connectivity index (χ4v) is 3.72. The first kappa shape index (κ1) is 11.0. The van der Waals surface area contributed by atoms with Crippen LogP contribution in [0, 0.1) is 0 Å². The average Bonchev–Trinajstić information content (AvgIpc) is 3.04. The van der Waals surface area contributed by atoms with Crippen molar-refractivity contribution in [2.75, 3.05) is 5.84 Å². The van der Waals surface area contributed by atoms with Gasteiger partial charge in [0.1, 0.15) is 0 Å². The van der Waals surface area contributed by atoms with Crippen molar-refractivity contribution in [3.8, 4) is 11.1 Å². The van der Waals surface area contributed by atoms with Gasteiger partial charge in [0.05, 0.1) is 11.0 Å². The summed E-state index contributed by atoms with van der Waals surface area (Å²) in [4.78, 5) is 0. The lowest BCUT2D eigenvalue weighted by Gasteiger charge is -2.05. The van der Waals surface area contributed by atoms with Crippen LogP contribution in [0.15, 0.2) is 60.7 Å². The molecule has 0 aliphatic heterocycles.